The van der Waals surface area contributed by atoms with Crippen molar-refractivity contribution < 1.29 is 14.3 Å². The minimum absolute atomic E-state index is 0.0562. The van der Waals surface area contributed by atoms with Crippen LogP contribution in [-0.4, -0.2) is 41.7 Å². The lowest BCUT2D eigenvalue weighted by Gasteiger charge is -2.32. The van der Waals surface area contributed by atoms with E-state index in [4.69, 9.17) is 4.74 Å². The van der Waals surface area contributed by atoms with Gasteiger partial charge in [0.25, 0.3) is 0 Å². The molecule has 2 aromatic carbocycles. The Morgan fingerprint density at radius 3 is 2.25 bits per heavy atom. The number of benzene rings is 2. The molecule has 0 aromatic heterocycles. The molecule has 2 aliphatic rings. The van der Waals surface area contributed by atoms with Crippen molar-refractivity contribution in [1.29, 1.82) is 0 Å². The fraction of sp³-hybridized carbons (Fsp3) is 0.462. The summed E-state index contributed by atoms with van der Waals surface area (Å²) in [4.78, 5) is 25.1. The van der Waals surface area contributed by atoms with Gasteiger partial charge in [0.2, 0.25) is 0 Å². The van der Waals surface area contributed by atoms with Crippen LogP contribution in [0.3, 0.4) is 0 Å². The first-order valence-electron chi connectivity index (χ1n) is 11.5. The van der Waals surface area contributed by atoms with Crippen LogP contribution in [0.4, 0.5) is 4.79 Å². The maximum absolute atomic E-state index is 13.4. The van der Waals surface area contributed by atoms with Crippen molar-refractivity contribution in [2.75, 3.05) is 12.4 Å². The van der Waals surface area contributed by atoms with E-state index in [1.165, 1.54) is 0 Å². The van der Waals surface area contributed by atoms with E-state index in [0.29, 0.717) is 24.7 Å². The number of carbonyl (C=O) groups is 2. The molecule has 2 fully saturated rings. The van der Waals surface area contributed by atoms with E-state index in [0.717, 1.165) is 36.1 Å². The number of carbonyl (C=O) groups excluding carboxylic acids is 2. The lowest BCUT2D eigenvalue weighted by atomic mass is 9.72. The summed E-state index contributed by atoms with van der Waals surface area (Å²) in [5.41, 5.74) is 1.69. The first-order chi connectivity index (χ1) is 15.6. The molecule has 5 nitrogen and oxygen atoms in total. The van der Waals surface area contributed by atoms with Crippen LogP contribution in [0.15, 0.2) is 60.7 Å². The molecular formula is C26H32N2O3S. The molecule has 3 atom stereocenters. The quantitative estimate of drug-likeness (QED) is 0.415. The molecule has 0 aliphatic carbocycles. The Hall–Kier alpha value is -2.47. The van der Waals surface area contributed by atoms with Gasteiger partial charge in [0.15, 0.2) is 0 Å². The summed E-state index contributed by atoms with van der Waals surface area (Å²) in [6.07, 6.45) is 3.95. The van der Waals surface area contributed by atoms with Gasteiger partial charge in [-0.1, -0.05) is 67.1 Å². The fourth-order valence-corrected chi connectivity index (χ4v) is 6.57. The van der Waals surface area contributed by atoms with Gasteiger partial charge in [0.05, 0.1) is 24.1 Å². The molecule has 0 radical (unpaired) electrons. The first-order valence-corrected chi connectivity index (χ1v) is 12.6. The van der Waals surface area contributed by atoms with Crippen molar-refractivity contribution in [3.8, 4) is 0 Å². The number of nitrogens with one attached hydrogen (secondary N) is 2. The highest BCUT2D eigenvalue weighted by atomic mass is 32.2. The number of thioether (sulfide) groups is 1. The molecule has 0 bridgehead atoms. The third-order valence-corrected chi connectivity index (χ3v) is 8.07. The van der Waals surface area contributed by atoms with Crippen molar-refractivity contribution in [2.24, 2.45) is 5.41 Å². The van der Waals surface area contributed by atoms with Gasteiger partial charge in [-0.3, -0.25) is 4.79 Å². The summed E-state index contributed by atoms with van der Waals surface area (Å²) in [6, 6.07) is 20.8. The minimum Gasteiger partial charge on any atom is -0.466 e. The molecule has 2 aromatic rings. The highest BCUT2D eigenvalue weighted by molar-refractivity contribution is 8.00. The van der Waals surface area contributed by atoms with Crippen molar-refractivity contribution in [1.82, 2.24) is 10.6 Å². The van der Waals surface area contributed by atoms with E-state index in [9.17, 15) is 9.59 Å². The van der Waals surface area contributed by atoms with Gasteiger partial charge in [0.1, 0.15) is 0 Å². The SMILES string of the molecule is CCOC(=O)C(CCC[C@@H]1SC[C@@H]2NC(=O)N[C@@H]21)(Cc1ccccc1)Cc1ccccc1. The largest absolute Gasteiger partial charge is 0.466 e. The van der Waals surface area contributed by atoms with Gasteiger partial charge in [-0.2, -0.15) is 11.8 Å². The first kappa shape index (κ1) is 22.7. The predicted molar refractivity (Wildman–Crippen MR) is 129 cm³/mol. The molecule has 2 aliphatic heterocycles. The van der Waals surface area contributed by atoms with Crippen molar-refractivity contribution in [3.63, 3.8) is 0 Å². The number of amides is 2. The number of fused-ring (bicyclic) bond motifs is 1. The molecule has 4 rings (SSSR count). The summed E-state index contributed by atoms with van der Waals surface area (Å²) in [5, 5.41) is 6.46. The smallest absolute Gasteiger partial charge is 0.315 e. The average molecular weight is 453 g/mol. The van der Waals surface area contributed by atoms with Crippen LogP contribution in [0.2, 0.25) is 0 Å². The van der Waals surface area contributed by atoms with Crippen LogP contribution < -0.4 is 10.6 Å². The molecule has 170 valence electrons. The van der Waals surface area contributed by atoms with Crippen LogP contribution in [0.1, 0.15) is 37.3 Å². The number of hydrogen-bond donors (Lipinski definition) is 2. The summed E-state index contributed by atoms with van der Waals surface area (Å²) in [5.74, 6) is 0.839. The summed E-state index contributed by atoms with van der Waals surface area (Å²) < 4.78 is 5.65. The van der Waals surface area contributed by atoms with Gasteiger partial charge >= 0.3 is 12.0 Å². The van der Waals surface area contributed by atoms with E-state index in [2.05, 4.69) is 34.9 Å². The van der Waals surface area contributed by atoms with Gasteiger partial charge in [-0.05, 0) is 43.7 Å². The van der Waals surface area contributed by atoms with Crippen LogP contribution in [0.5, 0.6) is 0 Å². The number of esters is 1. The lowest BCUT2D eigenvalue weighted by molar-refractivity contribution is -0.156. The van der Waals surface area contributed by atoms with Gasteiger partial charge in [0, 0.05) is 11.0 Å². The van der Waals surface area contributed by atoms with E-state index < -0.39 is 5.41 Å². The van der Waals surface area contributed by atoms with Crippen molar-refractivity contribution in [3.05, 3.63) is 71.8 Å². The number of ether oxygens (including phenoxy) is 1. The standard InChI is InChI=1S/C26H32N2O3S/c1-2-31-24(29)26(16-19-10-5-3-6-11-19,17-20-12-7-4-8-13-20)15-9-14-22-23-21(18-32-22)27-25(30)28-23/h3-8,10-13,21-23H,2,9,14-18H2,1H3,(H2,27,28,30)/t21-,22-,23-/m0/s1. The van der Waals surface area contributed by atoms with Crippen LogP contribution in [-0.2, 0) is 22.4 Å². The predicted octanol–water partition coefficient (Wildman–Crippen LogP) is 4.36. The Labute approximate surface area is 194 Å². The zero-order chi connectivity index (χ0) is 22.4. The van der Waals surface area contributed by atoms with Crippen LogP contribution in [0, 0.1) is 5.41 Å². The molecule has 0 unspecified atom stereocenters. The Morgan fingerprint density at radius 2 is 1.66 bits per heavy atom. The second kappa shape index (κ2) is 10.4. The highest BCUT2D eigenvalue weighted by Gasteiger charge is 2.44. The maximum Gasteiger partial charge on any atom is 0.315 e. The molecular weight excluding hydrogens is 420 g/mol. The van der Waals surface area contributed by atoms with E-state index in [1.807, 2.05) is 55.1 Å². The van der Waals surface area contributed by atoms with Crippen LogP contribution in [0.25, 0.3) is 0 Å². The second-order valence-electron chi connectivity index (χ2n) is 8.84. The Balaban J connectivity index is 1.53. The van der Waals surface area contributed by atoms with Gasteiger partial charge in [-0.15, -0.1) is 0 Å². The molecule has 32 heavy (non-hydrogen) atoms. The van der Waals surface area contributed by atoms with Crippen molar-refractivity contribution >= 4 is 23.8 Å². The zero-order valence-electron chi connectivity index (χ0n) is 18.6. The van der Waals surface area contributed by atoms with E-state index in [1.54, 1.807) is 0 Å². The zero-order valence-corrected chi connectivity index (χ0v) is 19.4. The molecule has 2 N–H and O–H groups in total. The van der Waals surface area contributed by atoms with Crippen LogP contribution >= 0.6 is 11.8 Å². The average Bonchev–Trinajstić information content (AvgIpc) is 3.35. The summed E-state index contributed by atoms with van der Waals surface area (Å²) in [6.45, 7) is 2.25. The summed E-state index contributed by atoms with van der Waals surface area (Å²) in [7, 11) is 0. The number of hydrogen-bond acceptors (Lipinski definition) is 4. The lowest BCUT2D eigenvalue weighted by Crippen LogP contribution is -2.39. The van der Waals surface area contributed by atoms with Crippen molar-refractivity contribution in [2.45, 2.75) is 56.4 Å². The molecule has 2 saturated heterocycles. The summed E-state index contributed by atoms with van der Waals surface area (Å²) >= 11 is 1.92. The third-order valence-electron chi connectivity index (χ3n) is 6.56. The molecule has 6 heteroatoms. The normalized spacial score (nSPS) is 22.2. The molecule has 0 saturated carbocycles. The van der Waals surface area contributed by atoms with Gasteiger partial charge in [-0.25, -0.2) is 4.79 Å². The topological polar surface area (TPSA) is 67.4 Å². The van der Waals surface area contributed by atoms with E-state index in [-0.39, 0.29) is 24.1 Å². The fourth-order valence-electron chi connectivity index (χ4n) is 5.03. The Kier molecular flexibility index (Phi) is 7.40. The second-order valence-corrected chi connectivity index (χ2v) is 10.1. The van der Waals surface area contributed by atoms with Gasteiger partial charge < -0.3 is 15.4 Å². The highest BCUT2D eigenvalue weighted by Crippen LogP contribution is 2.38. The molecule has 2 amide bonds. The Bertz CT molecular complexity index is 864. The molecule has 2 heterocycles. The monoisotopic (exact) mass is 452 g/mol. The Morgan fingerprint density at radius 1 is 1.03 bits per heavy atom. The minimum atomic E-state index is -0.613. The van der Waals surface area contributed by atoms with E-state index >= 15 is 0 Å². The molecule has 0 spiro atoms. The number of rotatable bonds is 10. The number of urea groups is 1. The third kappa shape index (κ3) is 5.29. The maximum atomic E-state index is 13.4.